The zero-order valence-corrected chi connectivity index (χ0v) is 14.8. The van der Waals surface area contributed by atoms with Crippen LogP contribution in [0.4, 0.5) is 0 Å². The molecule has 0 fully saturated rings. The molecule has 24 heavy (non-hydrogen) atoms. The van der Waals surface area contributed by atoms with Gasteiger partial charge in [0.25, 0.3) is 0 Å². The van der Waals surface area contributed by atoms with Gasteiger partial charge in [0, 0.05) is 19.9 Å². The van der Waals surface area contributed by atoms with Gasteiger partial charge < -0.3 is 10.3 Å². The minimum Gasteiger partial charge on any atom is -0.383 e. The fourth-order valence-corrected chi connectivity index (χ4v) is 2.37. The molecule has 0 aromatic heterocycles. The van der Waals surface area contributed by atoms with Gasteiger partial charge in [0.2, 0.25) is 0 Å². The molecule has 0 aliphatic rings. The molecular formula is C21H31N3. The van der Waals surface area contributed by atoms with E-state index in [-0.39, 0.29) is 1.43 Å². The van der Waals surface area contributed by atoms with Crippen LogP contribution in [0.15, 0.2) is 85.3 Å². The van der Waals surface area contributed by atoms with Gasteiger partial charge in [-0.3, -0.25) is 0 Å². The number of rotatable bonds is 10. The van der Waals surface area contributed by atoms with E-state index in [2.05, 4.69) is 37.5 Å². The molecule has 0 unspecified atom stereocenters. The molecule has 3 N–H and O–H groups in total. The van der Waals surface area contributed by atoms with Gasteiger partial charge in [-0.05, 0) is 30.1 Å². The van der Waals surface area contributed by atoms with Crippen molar-refractivity contribution in [3.05, 3.63) is 90.8 Å². The average Bonchev–Trinajstić information content (AvgIpc) is 2.62. The van der Waals surface area contributed by atoms with E-state index in [0.29, 0.717) is 6.54 Å². The van der Waals surface area contributed by atoms with Crippen molar-refractivity contribution in [2.24, 2.45) is 5.84 Å². The van der Waals surface area contributed by atoms with Crippen molar-refractivity contribution in [2.75, 3.05) is 13.1 Å². The number of hydrogen-bond donors (Lipinski definition) is 2. The van der Waals surface area contributed by atoms with Crippen molar-refractivity contribution < 1.29 is 1.43 Å². The first kappa shape index (κ1) is 19.5. The molecule has 0 amide bonds. The number of hydrazine groups is 1. The number of nitrogens with one attached hydrogen (secondary N) is 1. The lowest BCUT2D eigenvalue weighted by atomic mass is 10.1. The Hall–Kier alpha value is -2.52. The Kier molecular flexibility index (Phi) is 9.02. The summed E-state index contributed by atoms with van der Waals surface area (Å²) in [6, 6.07) is 10.3. The summed E-state index contributed by atoms with van der Waals surface area (Å²) in [7, 11) is 0. The normalized spacial score (nSPS) is 12.7. The van der Waals surface area contributed by atoms with E-state index in [0.717, 1.165) is 24.2 Å². The van der Waals surface area contributed by atoms with Crippen molar-refractivity contribution in [3.8, 4) is 0 Å². The minimum absolute atomic E-state index is 0. The van der Waals surface area contributed by atoms with Crippen molar-refractivity contribution in [1.29, 1.82) is 0 Å². The molecule has 1 rings (SSSR count). The van der Waals surface area contributed by atoms with Crippen LogP contribution in [-0.2, 0) is 0 Å². The Morgan fingerprint density at radius 3 is 2.54 bits per heavy atom. The first-order valence-corrected chi connectivity index (χ1v) is 8.29. The van der Waals surface area contributed by atoms with E-state index in [4.69, 9.17) is 5.84 Å². The van der Waals surface area contributed by atoms with Gasteiger partial charge in [0.1, 0.15) is 0 Å². The van der Waals surface area contributed by atoms with Gasteiger partial charge in [-0.1, -0.05) is 74.7 Å². The molecule has 0 aliphatic carbocycles. The SMILES string of the molecule is C=C/C=C(C=C)/C(=C/C)NCCN(N)/C=C(\CC)c1ccccc1.[HH]. The Balaban J connectivity index is 0.00000576. The van der Waals surface area contributed by atoms with E-state index in [1.54, 1.807) is 11.1 Å². The molecule has 0 bridgehead atoms. The summed E-state index contributed by atoms with van der Waals surface area (Å²) in [6.45, 7) is 13.1. The second kappa shape index (κ2) is 11.1. The molecule has 0 aliphatic heterocycles. The average molecular weight is 325 g/mol. The van der Waals surface area contributed by atoms with E-state index in [1.165, 1.54) is 11.1 Å². The molecule has 0 atom stereocenters. The molecular weight excluding hydrogens is 294 g/mol. The van der Waals surface area contributed by atoms with Crippen LogP contribution in [-0.4, -0.2) is 18.1 Å². The predicted molar refractivity (Wildman–Crippen MR) is 108 cm³/mol. The summed E-state index contributed by atoms with van der Waals surface area (Å²) >= 11 is 0. The van der Waals surface area contributed by atoms with Crippen molar-refractivity contribution in [1.82, 2.24) is 10.3 Å². The maximum Gasteiger partial charge on any atom is 0.0508 e. The highest BCUT2D eigenvalue weighted by molar-refractivity contribution is 5.64. The van der Waals surface area contributed by atoms with Crippen molar-refractivity contribution >= 4 is 5.57 Å². The van der Waals surface area contributed by atoms with E-state index >= 15 is 0 Å². The van der Waals surface area contributed by atoms with Crippen molar-refractivity contribution in [3.63, 3.8) is 0 Å². The topological polar surface area (TPSA) is 41.3 Å². The maximum atomic E-state index is 6.13. The zero-order chi connectivity index (χ0) is 17.8. The summed E-state index contributed by atoms with van der Waals surface area (Å²) in [4.78, 5) is 0. The summed E-state index contributed by atoms with van der Waals surface area (Å²) in [5, 5.41) is 5.12. The molecule has 3 heteroatoms. The molecule has 3 nitrogen and oxygen atoms in total. The van der Waals surface area contributed by atoms with Crippen LogP contribution in [0.2, 0.25) is 0 Å². The molecule has 0 saturated carbocycles. The van der Waals surface area contributed by atoms with Gasteiger partial charge in [-0.2, -0.15) is 0 Å². The summed E-state index contributed by atoms with van der Waals surface area (Å²) in [5.74, 6) is 6.13. The Bertz CT molecular complexity index is 615. The van der Waals surface area contributed by atoms with Crippen LogP contribution in [0.3, 0.4) is 0 Å². The summed E-state index contributed by atoms with van der Waals surface area (Å²) in [6.07, 6.45) is 10.5. The van der Waals surface area contributed by atoms with Crippen LogP contribution in [0.25, 0.3) is 5.57 Å². The first-order chi connectivity index (χ1) is 11.7. The maximum absolute atomic E-state index is 6.13. The van der Waals surface area contributed by atoms with Gasteiger partial charge in [0.05, 0.1) is 6.54 Å². The highest BCUT2D eigenvalue weighted by Gasteiger charge is 2.03. The third-order valence-corrected chi connectivity index (χ3v) is 3.65. The third kappa shape index (κ3) is 6.31. The van der Waals surface area contributed by atoms with Crippen LogP contribution in [0.1, 0.15) is 27.3 Å². The van der Waals surface area contributed by atoms with Gasteiger partial charge in [0.15, 0.2) is 0 Å². The quantitative estimate of drug-likeness (QED) is 0.374. The largest absolute Gasteiger partial charge is 0.383 e. The molecule has 130 valence electrons. The van der Waals surface area contributed by atoms with Crippen molar-refractivity contribution in [2.45, 2.75) is 20.3 Å². The van der Waals surface area contributed by atoms with E-state index < -0.39 is 0 Å². The number of nitrogens with zero attached hydrogens (tertiary/aromatic N) is 1. The molecule has 1 aromatic rings. The molecule has 0 spiro atoms. The summed E-state index contributed by atoms with van der Waals surface area (Å²) < 4.78 is 0. The highest BCUT2D eigenvalue weighted by atomic mass is 15.4. The Morgan fingerprint density at radius 2 is 2.00 bits per heavy atom. The van der Waals surface area contributed by atoms with Gasteiger partial charge in [-0.25, -0.2) is 5.84 Å². The number of benzene rings is 1. The molecule has 0 heterocycles. The van der Waals surface area contributed by atoms with Gasteiger partial charge in [-0.15, -0.1) is 0 Å². The lowest BCUT2D eigenvalue weighted by Gasteiger charge is -2.18. The fourth-order valence-electron chi connectivity index (χ4n) is 2.37. The van der Waals surface area contributed by atoms with Crippen LogP contribution >= 0.6 is 0 Å². The second-order valence-corrected chi connectivity index (χ2v) is 5.30. The lowest BCUT2D eigenvalue weighted by Crippen LogP contribution is -2.33. The first-order valence-electron chi connectivity index (χ1n) is 8.29. The van der Waals surface area contributed by atoms with E-state index in [1.807, 2.05) is 49.6 Å². The minimum atomic E-state index is 0. The van der Waals surface area contributed by atoms with E-state index in [9.17, 15) is 0 Å². The zero-order valence-electron chi connectivity index (χ0n) is 14.8. The number of nitrogens with two attached hydrogens (primary N) is 1. The highest BCUT2D eigenvalue weighted by Crippen LogP contribution is 2.17. The second-order valence-electron chi connectivity index (χ2n) is 5.30. The Labute approximate surface area is 148 Å². The van der Waals surface area contributed by atoms with Crippen LogP contribution < -0.4 is 11.2 Å². The monoisotopic (exact) mass is 325 g/mol. The predicted octanol–water partition coefficient (Wildman–Crippen LogP) is 4.65. The Morgan fingerprint density at radius 1 is 1.29 bits per heavy atom. The van der Waals surface area contributed by atoms with Crippen LogP contribution in [0.5, 0.6) is 0 Å². The molecule has 1 aromatic carbocycles. The standard InChI is InChI=1S/C21H29N3.H2/c1-5-12-18(6-2)21(8-4)23-15-16-24(22)17-19(7-3)20-13-10-9-11-14-20;/h5-6,8-14,17,23H,1-2,7,15-16,22H2,3-4H3;1H/b18-12+,19-17+,21-8-;. The molecule has 0 saturated heterocycles. The molecule has 0 radical (unpaired) electrons. The third-order valence-electron chi connectivity index (χ3n) is 3.65. The number of hydrogen-bond acceptors (Lipinski definition) is 3. The lowest BCUT2D eigenvalue weighted by molar-refractivity contribution is 0.394. The number of allylic oxidation sites excluding steroid dienone is 5. The van der Waals surface area contributed by atoms with Crippen LogP contribution in [0, 0.1) is 0 Å². The summed E-state index contributed by atoms with van der Waals surface area (Å²) in [5.41, 5.74) is 4.48. The van der Waals surface area contributed by atoms with Gasteiger partial charge >= 0.3 is 0 Å². The fraction of sp³-hybridized carbons (Fsp3) is 0.238. The smallest absolute Gasteiger partial charge is 0.0508 e.